The maximum atomic E-state index is 13.7. The monoisotopic (exact) mass is 587 g/mol. The van der Waals surface area contributed by atoms with Crippen LogP contribution in [0.2, 0.25) is 0 Å². The second-order valence-electron chi connectivity index (χ2n) is 11.0. The van der Waals surface area contributed by atoms with Crippen LogP contribution in [0, 0.1) is 0 Å². The van der Waals surface area contributed by atoms with E-state index < -0.39 is 0 Å². The van der Waals surface area contributed by atoms with Gasteiger partial charge in [-0.1, -0.05) is 19.6 Å². The number of ether oxygens (including phenoxy) is 2. The summed E-state index contributed by atoms with van der Waals surface area (Å²) in [4.78, 5) is 41.0. The molecule has 2 N–H and O–H groups in total. The van der Waals surface area contributed by atoms with Crippen molar-refractivity contribution in [1.82, 2.24) is 19.8 Å². The van der Waals surface area contributed by atoms with E-state index in [1.807, 2.05) is 58.3 Å². The fourth-order valence-electron chi connectivity index (χ4n) is 4.91. The molecule has 1 atom stereocenters. The number of fused-ring (bicyclic) bond motifs is 1. The number of hydrogen-bond donors (Lipinski definition) is 2. The third-order valence-corrected chi connectivity index (χ3v) is 7.37. The lowest BCUT2D eigenvalue weighted by Crippen LogP contribution is -2.48. The lowest BCUT2D eigenvalue weighted by atomic mass is 9.94. The van der Waals surface area contributed by atoms with Crippen LogP contribution in [0.1, 0.15) is 44.2 Å². The van der Waals surface area contributed by atoms with Gasteiger partial charge in [0.2, 0.25) is 11.9 Å². The van der Waals surface area contributed by atoms with Gasteiger partial charge >= 0.3 is 6.03 Å². The predicted molar refractivity (Wildman–Crippen MR) is 170 cm³/mol. The molecule has 0 spiro atoms. The second kappa shape index (κ2) is 13.6. The Hall–Kier alpha value is -4.64. The zero-order valence-corrected chi connectivity index (χ0v) is 26.0. The van der Waals surface area contributed by atoms with Crippen molar-refractivity contribution in [3.63, 3.8) is 0 Å². The molecule has 0 saturated heterocycles. The number of nitrogens with zero attached hydrogens (tertiary/aromatic N) is 5. The minimum Gasteiger partial charge on any atom is -0.497 e. The predicted octanol–water partition coefficient (Wildman–Crippen LogP) is 5.90. The molecule has 1 aliphatic heterocycles. The summed E-state index contributed by atoms with van der Waals surface area (Å²) in [5.41, 5.74) is 3.57. The molecule has 2 heterocycles. The number of amides is 3. The average molecular weight is 588 g/mol. The molecule has 3 amide bonds. The van der Waals surface area contributed by atoms with E-state index in [0.717, 1.165) is 24.1 Å². The van der Waals surface area contributed by atoms with Crippen molar-refractivity contribution >= 4 is 40.8 Å². The number of carbonyl (C=O) groups excluding carboxylic acids is 2. The molecular formula is C32H41N7O4. The standard InChI is InChI=1S/C32H41N7O4/c1-9-29(40)34-26-17-27(28(43-8)16-25(26)21(4)13-14-37(5)6)35-31-33-18-22-19-38(20(2)3)32(41)39(30(22)36-31)23-11-10-12-24(15-23)42-7/h9-12,15-18,20-21H,1,13-14,19H2,2-8H3,(H,34,40)(H,33,35,36). The summed E-state index contributed by atoms with van der Waals surface area (Å²) in [7, 11) is 7.24. The highest BCUT2D eigenvalue weighted by Crippen LogP contribution is 2.39. The van der Waals surface area contributed by atoms with Crippen molar-refractivity contribution in [3.8, 4) is 11.5 Å². The van der Waals surface area contributed by atoms with Crippen LogP contribution < -0.4 is 25.0 Å². The lowest BCUT2D eigenvalue weighted by Gasteiger charge is -2.38. The van der Waals surface area contributed by atoms with Crippen LogP contribution in [0.5, 0.6) is 11.5 Å². The number of carbonyl (C=O) groups is 2. The van der Waals surface area contributed by atoms with Crippen molar-refractivity contribution in [2.24, 2.45) is 0 Å². The molecule has 0 aliphatic carbocycles. The smallest absolute Gasteiger partial charge is 0.330 e. The van der Waals surface area contributed by atoms with Gasteiger partial charge in [0.15, 0.2) is 5.82 Å². The van der Waals surface area contributed by atoms with E-state index in [2.05, 4.69) is 34.0 Å². The Labute approximate surface area is 253 Å². The summed E-state index contributed by atoms with van der Waals surface area (Å²) >= 11 is 0. The van der Waals surface area contributed by atoms with E-state index >= 15 is 0 Å². The average Bonchev–Trinajstić information content (AvgIpc) is 2.99. The second-order valence-corrected chi connectivity index (χ2v) is 11.0. The zero-order valence-electron chi connectivity index (χ0n) is 26.0. The minimum atomic E-state index is -0.315. The van der Waals surface area contributed by atoms with Crippen LogP contribution in [-0.4, -0.2) is 72.6 Å². The van der Waals surface area contributed by atoms with Crippen molar-refractivity contribution < 1.29 is 19.1 Å². The van der Waals surface area contributed by atoms with Crippen LogP contribution >= 0.6 is 0 Å². The SMILES string of the molecule is C=CC(=O)Nc1cc(Nc2ncc3c(n2)N(c2cccc(OC)c2)C(=O)N(C(C)C)C3)c(OC)cc1C(C)CCN(C)C. The number of aromatic nitrogens is 2. The highest BCUT2D eigenvalue weighted by Gasteiger charge is 2.35. The number of anilines is 5. The number of benzene rings is 2. The molecule has 1 unspecified atom stereocenters. The molecule has 1 aliphatic rings. The van der Waals surface area contributed by atoms with E-state index in [1.54, 1.807) is 36.3 Å². The Balaban J connectivity index is 1.76. The van der Waals surface area contributed by atoms with Crippen LogP contribution in [0.15, 0.2) is 55.3 Å². The molecule has 43 heavy (non-hydrogen) atoms. The van der Waals surface area contributed by atoms with E-state index in [0.29, 0.717) is 40.9 Å². The number of rotatable bonds is 12. The molecule has 4 rings (SSSR count). The molecule has 11 nitrogen and oxygen atoms in total. The van der Waals surface area contributed by atoms with Gasteiger partial charge in [-0.15, -0.1) is 0 Å². The fraction of sp³-hybridized carbons (Fsp3) is 0.375. The Kier molecular flexibility index (Phi) is 9.87. The summed E-state index contributed by atoms with van der Waals surface area (Å²) < 4.78 is 11.2. The summed E-state index contributed by atoms with van der Waals surface area (Å²) in [6, 6.07) is 10.8. The maximum Gasteiger partial charge on any atom is 0.330 e. The largest absolute Gasteiger partial charge is 0.497 e. The fourth-order valence-corrected chi connectivity index (χ4v) is 4.91. The van der Waals surface area contributed by atoms with Crippen LogP contribution in [-0.2, 0) is 11.3 Å². The number of urea groups is 1. The van der Waals surface area contributed by atoms with Gasteiger partial charge in [0, 0.05) is 29.6 Å². The molecule has 0 radical (unpaired) electrons. The quantitative estimate of drug-likeness (QED) is 0.252. The molecule has 1 aromatic heterocycles. The molecule has 3 aromatic rings. The van der Waals surface area contributed by atoms with Crippen LogP contribution in [0.25, 0.3) is 0 Å². The van der Waals surface area contributed by atoms with Crippen LogP contribution in [0.4, 0.5) is 33.6 Å². The first-order valence-corrected chi connectivity index (χ1v) is 14.2. The van der Waals surface area contributed by atoms with Crippen molar-refractivity contribution in [2.45, 2.75) is 45.7 Å². The van der Waals surface area contributed by atoms with Gasteiger partial charge in [-0.05, 0) is 82.7 Å². The van der Waals surface area contributed by atoms with E-state index in [9.17, 15) is 9.59 Å². The molecule has 2 aromatic carbocycles. The third kappa shape index (κ3) is 7.06. The first-order chi connectivity index (χ1) is 20.6. The molecule has 0 saturated carbocycles. The molecule has 0 fully saturated rings. The van der Waals surface area contributed by atoms with Gasteiger partial charge in [0.25, 0.3) is 0 Å². The van der Waals surface area contributed by atoms with Gasteiger partial charge in [-0.25, -0.2) is 14.7 Å². The van der Waals surface area contributed by atoms with Crippen LogP contribution in [0.3, 0.4) is 0 Å². The maximum absolute atomic E-state index is 13.7. The highest BCUT2D eigenvalue weighted by molar-refractivity contribution is 6.01. The van der Waals surface area contributed by atoms with Gasteiger partial charge in [-0.3, -0.25) is 4.79 Å². The van der Waals surface area contributed by atoms with Gasteiger partial charge in [0.05, 0.1) is 32.1 Å². The first-order valence-electron chi connectivity index (χ1n) is 14.2. The molecule has 228 valence electrons. The van der Waals surface area contributed by atoms with Crippen molar-refractivity contribution in [1.29, 1.82) is 0 Å². The highest BCUT2D eigenvalue weighted by atomic mass is 16.5. The van der Waals surface area contributed by atoms with E-state index in [1.165, 1.54) is 6.08 Å². The van der Waals surface area contributed by atoms with Gasteiger partial charge in [-0.2, -0.15) is 4.98 Å². The van der Waals surface area contributed by atoms with Gasteiger partial charge in [0.1, 0.15) is 11.5 Å². The first kappa shape index (κ1) is 31.3. The summed E-state index contributed by atoms with van der Waals surface area (Å²) in [6.07, 6.45) is 3.85. The summed E-state index contributed by atoms with van der Waals surface area (Å²) in [5, 5.41) is 6.20. The number of nitrogens with one attached hydrogen (secondary N) is 2. The number of methoxy groups -OCH3 is 2. The van der Waals surface area contributed by atoms with E-state index in [-0.39, 0.29) is 29.8 Å². The summed E-state index contributed by atoms with van der Waals surface area (Å²) in [5.74, 6) is 1.75. The number of hydrogen-bond acceptors (Lipinski definition) is 8. The molecular weight excluding hydrogens is 546 g/mol. The third-order valence-electron chi connectivity index (χ3n) is 7.37. The van der Waals surface area contributed by atoms with Crippen molar-refractivity contribution in [3.05, 3.63) is 66.4 Å². The summed E-state index contributed by atoms with van der Waals surface area (Å²) in [6.45, 7) is 10.9. The zero-order chi connectivity index (χ0) is 31.3. The molecule has 11 heteroatoms. The van der Waals surface area contributed by atoms with Gasteiger partial charge < -0.3 is 29.9 Å². The normalized spacial score (nSPS) is 13.6. The lowest BCUT2D eigenvalue weighted by molar-refractivity contribution is -0.111. The molecule has 0 bridgehead atoms. The Morgan fingerprint density at radius 2 is 1.91 bits per heavy atom. The Bertz CT molecular complexity index is 1490. The van der Waals surface area contributed by atoms with Crippen molar-refractivity contribution in [2.75, 3.05) is 50.4 Å². The van der Waals surface area contributed by atoms with E-state index in [4.69, 9.17) is 14.5 Å². The Morgan fingerprint density at radius 1 is 1.14 bits per heavy atom. The topological polar surface area (TPSA) is 112 Å². The minimum absolute atomic E-state index is 0.0290. The Morgan fingerprint density at radius 3 is 2.56 bits per heavy atom.